The van der Waals surface area contributed by atoms with E-state index in [4.69, 9.17) is 0 Å². The SMILES string of the molecule is CCCC(=O)N1C2CCC1CN(C)C2. The van der Waals surface area contributed by atoms with Crippen molar-refractivity contribution in [1.29, 1.82) is 0 Å². The van der Waals surface area contributed by atoms with E-state index in [1.54, 1.807) is 0 Å². The summed E-state index contributed by atoms with van der Waals surface area (Å²) >= 11 is 0. The molecule has 3 heteroatoms. The standard InChI is InChI=1S/C11H20N2O/c1-3-4-11(14)13-9-5-6-10(13)8-12(2)7-9/h9-10H,3-8H2,1-2H3. The first-order chi connectivity index (χ1) is 6.72. The topological polar surface area (TPSA) is 23.6 Å². The average molecular weight is 196 g/mol. The Morgan fingerprint density at radius 3 is 2.36 bits per heavy atom. The summed E-state index contributed by atoms with van der Waals surface area (Å²) in [5, 5.41) is 0. The van der Waals surface area contributed by atoms with Gasteiger partial charge in [0.2, 0.25) is 5.91 Å². The maximum absolute atomic E-state index is 11.9. The van der Waals surface area contributed by atoms with Crippen molar-refractivity contribution < 1.29 is 4.79 Å². The molecular formula is C11H20N2O. The van der Waals surface area contributed by atoms with E-state index in [2.05, 4.69) is 23.8 Å². The molecule has 2 atom stereocenters. The molecule has 1 amide bonds. The van der Waals surface area contributed by atoms with Gasteiger partial charge in [-0.1, -0.05) is 6.92 Å². The van der Waals surface area contributed by atoms with Crippen LogP contribution in [0.4, 0.5) is 0 Å². The molecule has 0 N–H and O–H groups in total. The predicted octanol–water partition coefficient (Wildman–Crippen LogP) is 1.09. The lowest BCUT2D eigenvalue weighted by Crippen LogP contribution is -2.54. The molecule has 0 aromatic rings. The molecule has 2 bridgehead atoms. The van der Waals surface area contributed by atoms with E-state index in [1.165, 1.54) is 12.8 Å². The molecule has 2 saturated heterocycles. The number of amides is 1. The van der Waals surface area contributed by atoms with Gasteiger partial charge in [-0.2, -0.15) is 0 Å². The Morgan fingerprint density at radius 1 is 1.29 bits per heavy atom. The molecule has 14 heavy (non-hydrogen) atoms. The predicted molar refractivity (Wildman–Crippen MR) is 56.1 cm³/mol. The highest BCUT2D eigenvalue weighted by atomic mass is 16.2. The zero-order chi connectivity index (χ0) is 10.1. The molecule has 0 aromatic heterocycles. The number of likely N-dealkylation sites (tertiary alicyclic amines) is 1. The van der Waals surface area contributed by atoms with Crippen LogP contribution in [0.2, 0.25) is 0 Å². The Morgan fingerprint density at radius 2 is 1.86 bits per heavy atom. The van der Waals surface area contributed by atoms with Gasteiger partial charge < -0.3 is 9.80 Å². The van der Waals surface area contributed by atoms with E-state index in [1.807, 2.05) is 0 Å². The van der Waals surface area contributed by atoms with E-state index in [9.17, 15) is 4.79 Å². The fourth-order valence-electron chi connectivity index (χ4n) is 2.86. The zero-order valence-electron chi connectivity index (χ0n) is 9.20. The number of hydrogen-bond donors (Lipinski definition) is 0. The van der Waals surface area contributed by atoms with Crippen LogP contribution in [-0.2, 0) is 4.79 Å². The van der Waals surface area contributed by atoms with Crippen LogP contribution in [0.25, 0.3) is 0 Å². The molecule has 2 aliphatic rings. The lowest BCUT2D eigenvalue weighted by atomic mass is 10.1. The first kappa shape index (κ1) is 9.97. The smallest absolute Gasteiger partial charge is 0.223 e. The summed E-state index contributed by atoms with van der Waals surface area (Å²) in [4.78, 5) is 16.4. The van der Waals surface area contributed by atoms with Crippen LogP contribution >= 0.6 is 0 Å². The van der Waals surface area contributed by atoms with Crippen LogP contribution in [-0.4, -0.2) is 47.9 Å². The molecule has 0 saturated carbocycles. The Balaban J connectivity index is 2.03. The Labute approximate surface area is 86.1 Å². The number of hydrogen-bond acceptors (Lipinski definition) is 2. The normalized spacial score (nSPS) is 32.3. The third-order valence-corrected chi connectivity index (χ3v) is 3.42. The number of likely N-dealkylation sites (N-methyl/N-ethyl adjacent to an activating group) is 1. The zero-order valence-corrected chi connectivity index (χ0v) is 9.20. The molecule has 2 heterocycles. The summed E-state index contributed by atoms with van der Waals surface area (Å²) in [7, 11) is 2.16. The third kappa shape index (κ3) is 1.65. The number of rotatable bonds is 2. The Bertz CT molecular complexity index is 215. The molecule has 0 spiro atoms. The van der Waals surface area contributed by atoms with Crippen molar-refractivity contribution in [2.24, 2.45) is 0 Å². The Hall–Kier alpha value is -0.570. The van der Waals surface area contributed by atoms with Crippen molar-refractivity contribution in [2.45, 2.75) is 44.7 Å². The molecule has 80 valence electrons. The number of carbonyl (C=O) groups is 1. The van der Waals surface area contributed by atoms with Gasteiger partial charge in [0.05, 0.1) is 0 Å². The van der Waals surface area contributed by atoms with Crippen molar-refractivity contribution >= 4 is 5.91 Å². The van der Waals surface area contributed by atoms with Crippen molar-refractivity contribution in [3.05, 3.63) is 0 Å². The first-order valence-electron chi connectivity index (χ1n) is 5.72. The van der Waals surface area contributed by atoms with Gasteiger partial charge in [0.1, 0.15) is 0 Å². The first-order valence-corrected chi connectivity index (χ1v) is 5.72. The second kappa shape index (κ2) is 3.89. The maximum Gasteiger partial charge on any atom is 0.223 e. The Kier molecular flexibility index (Phi) is 2.77. The molecule has 2 rings (SSSR count). The highest BCUT2D eigenvalue weighted by molar-refractivity contribution is 5.77. The quantitative estimate of drug-likeness (QED) is 0.660. The molecule has 2 aliphatic heterocycles. The minimum atomic E-state index is 0.383. The van der Waals surface area contributed by atoms with Gasteiger partial charge in [-0.25, -0.2) is 0 Å². The second-order valence-corrected chi connectivity index (χ2v) is 4.66. The van der Waals surface area contributed by atoms with Crippen molar-refractivity contribution in [3.8, 4) is 0 Å². The summed E-state index contributed by atoms with van der Waals surface area (Å²) in [5.41, 5.74) is 0. The van der Waals surface area contributed by atoms with Crippen LogP contribution in [0, 0.1) is 0 Å². The van der Waals surface area contributed by atoms with Gasteiger partial charge >= 0.3 is 0 Å². The summed E-state index contributed by atoms with van der Waals surface area (Å²) in [6.45, 7) is 4.23. The van der Waals surface area contributed by atoms with Crippen LogP contribution in [0.1, 0.15) is 32.6 Å². The molecule has 3 nitrogen and oxygen atoms in total. The molecule has 2 unspecified atom stereocenters. The summed E-state index contributed by atoms with van der Waals surface area (Å²) in [6.07, 6.45) is 4.14. The van der Waals surface area contributed by atoms with Crippen LogP contribution in [0.5, 0.6) is 0 Å². The minimum Gasteiger partial charge on any atom is -0.334 e. The molecule has 2 fully saturated rings. The van der Waals surface area contributed by atoms with Gasteiger partial charge in [-0.3, -0.25) is 4.79 Å². The van der Waals surface area contributed by atoms with Crippen LogP contribution < -0.4 is 0 Å². The second-order valence-electron chi connectivity index (χ2n) is 4.66. The van der Waals surface area contributed by atoms with E-state index in [-0.39, 0.29) is 0 Å². The van der Waals surface area contributed by atoms with Crippen LogP contribution in [0.3, 0.4) is 0 Å². The van der Waals surface area contributed by atoms with E-state index in [0.717, 1.165) is 25.9 Å². The van der Waals surface area contributed by atoms with Gasteiger partial charge in [0.25, 0.3) is 0 Å². The summed E-state index contributed by atoms with van der Waals surface area (Å²) < 4.78 is 0. The number of carbonyl (C=O) groups excluding carboxylic acids is 1. The van der Waals surface area contributed by atoms with E-state index in [0.29, 0.717) is 18.0 Å². The van der Waals surface area contributed by atoms with Gasteiger partial charge in [0, 0.05) is 31.6 Å². The van der Waals surface area contributed by atoms with E-state index < -0.39 is 0 Å². The number of piperazine rings is 1. The lowest BCUT2D eigenvalue weighted by molar-refractivity contribution is -0.136. The fraction of sp³-hybridized carbons (Fsp3) is 0.909. The maximum atomic E-state index is 11.9. The summed E-state index contributed by atoms with van der Waals surface area (Å²) in [6, 6.07) is 1.02. The van der Waals surface area contributed by atoms with Gasteiger partial charge in [-0.05, 0) is 26.3 Å². The molecular weight excluding hydrogens is 176 g/mol. The fourth-order valence-corrected chi connectivity index (χ4v) is 2.86. The third-order valence-electron chi connectivity index (χ3n) is 3.42. The van der Waals surface area contributed by atoms with Crippen molar-refractivity contribution in [1.82, 2.24) is 9.80 Å². The minimum absolute atomic E-state index is 0.383. The monoisotopic (exact) mass is 196 g/mol. The van der Waals surface area contributed by atoms with E-state index >= 15 is 0 Å². The number of nitrogens with zero attached hydrogens (tertiary/aromatic N) is 2. The summed E-state index contributed by atoms with van der Waals surface area (Å²) in [5.74, 6) is 0.383. The lowest BCUT2D eigenvalue weighted by Gasteiger charge is -2.39. The van der Waals surface area contributed by atoms with Crippen LogP contribution in [0.15, 0.2) is 0 Å². The molecule has 0 radical (unpaired) electrons. The van der Waals surface area contributed by atoms with Gasteiger partial charge in [-0.15, -0.1) is 0 Å². The largest absolute Gasteiger partial charge is 0.334 e. The van der Waals surface area contributed by atoms with Crippen molar-refractivity contribution in [3.63, 3.8) is 0 Å². The van der Waals surface area contributed by atoms with Gasteiger partial charge in [0.15, 0.2) is 0 Å². The highest BCUT2D eigenvalue weighted by Crippen LogP contribution is 2.30. The number of fused-ring (bicyclic) bond motifs is 2. The van der Waals surface area contributed by atoms with Crippen molar-refractivity contribution in [2.75, 3.05) is 20.1 Å². The average Bonchev–Trinajstić information content (AvgIpc) is 2.39. The molecule has 0 aromatic carbocycles. The molecule has 0 aliphatic carbocycles. The highest BCUT2D eigenvalue weighted by Gasteiger charge is 2.40.